The van der Waals surface area contributed by atoms with Gasteiger partial charge >= 0.3 is 0 Å². The molecule has 1 saturated heterocycles. The molecule has 2 aromatic rings. The van der Waals surface area contributed by atoms with Crippen molar-refractivity contribution in [3.8, 4) is 0 Å². The zero-order chi connectivity index (χ0) is 20.8. The molecule has 2 amide bonds. The van der Waals surface area contributed by atoms with E-state index < -0.39 is 0 Å². The number of hydrogen-bond donors (Lipinski definition) is 2. The minimum Gasteiger partial charge on any atom is -0.371 e. The molecule has 1 aliphatic heterocycles. The average Bonchev–Trinajstić information content (AvgIpc) is 3.49. The smallest absolute Gasteiger partial charge is 0.253 e. The van der Waals surface area contributed by atoms with Crippen molar-refractivity contribution in [1.29, 1.82) is 0 Å². The first kappa shape index (κ1) is 20.5. The Kier molecular flexibility index (Phi) is 6.67. The Morgan fingerprint density at radius 3 is 2.40 bits per heavy atom. The van der Waals surface area contributed by atoms with Gasteiger partial charge in [-0.2, -0.15) is 0 Å². The van der Waals surface area contributed by atoms with Gasteiger partial charge in [-0.1, -0.05) is 43.2 Å². The Bertz CT molecular complexity index is 869. The van der Waals surface area contributed by atoms with Crippen LogP contribution in [-0.2, 0) is 11.2 Å². The van der Waals surface area contributed by atoms with Gasteiger partial charge in [0.25, 0.3) is 5.91 Å². The highest BCUT2D eigenvalue weighted by molar-refractivity contribution is 6.02. The molecule has 4 rings (SSSR count). The van der Waals surface area contributed by atoms with Crippen LogP contribution in [0.15, 0.2) is 48.5 Å². The molecular weight excluding hydrogens is 374 g/mol. The van der Waals surface area contributed by atoms with E-state index in [4.69, 9.17) is 0 Å². The lowest BCUT2D eigenvalue weighted by Crippen LogP contribution is -2.29. The maximum atomic E-state index is 13.1. The van der Waals surface area contributed by atoms with Gasteiger partial charge in [0.05, 0.1) is 5.56 Å². The van der Waals surface area contributed by atoms with Crippen LogP contribution in [0.4, 0.5) is 11.4 Å². The van der Waals surface area contributed by atoms with Crippen LogP contribution in [0.3, 0.4) is 0 Å². The zero-order valence-corrected chi connectivity index (χ0v) is 17.5. The van der Waals surface area contributed by atoms with Gasteiger partial charge < -0.3 is 15.5 Å². The van der Waals surface area contributed by atoms with Crippen LogP contribution in [0, 0.1) is 5.92 Å². The van der Waals surface area contributed by atoms with E-state index >= 15 is 0 Å². The molecular formula is C25H31N3O2. The van der Waals surface area contributed by atoms with E-state index in [1.165, 1.54) is 5.56 Å². The highest BCUT2D eigenvalue weighted by Crippen LogP contribution is 2.29. The van der Waals surface area contributed by atoms with Crippen molar-refractivity contribution in [2.24, 2.45) is 5.92 Å². The predicted molar refractivity (Wildman–Crippen MR) is 121 cm³/mol. The second-order valence-electron chi connectivity index (χ2n) is 8.39. The Hall–Kier alpha value is -2.82. The summed E-state index contributed by atoms with van der Waals surface area (Å²) in [5, 5.41) is 6.11. The summed E-state index contributed by atoms with van der Waals surface area (Å²) in [5.74, 6) is 0.105. The van der Waals surface area contributed by atoms with Crippen molar-refractivity contribution >= 4 is 23.2 Å². The molecule has 5 heteroatoms. The largest absolute Gasteiger partial charge is 0.371 e. The Labute approximate surface area is 178 Å². The van der Waals surface area contributed by atoms with Crippen LogP contribution in [0.2, 0.25) is 0 Å². The third kappa shape index (κ3) is 5.02. The number of amides is 2. The minimum absolute atomic E-state index is 0.0789. The Morgan fingerprint density at radius 2 is 1.67 bits per heavy atom. The second kappa shape index (κ2) is 9.79. The fraction of sp³-hybridized carbons (Fsp3) is 0.440. The van der Waals surface area contributed by atoms with E-state index in [0.717, 1.165) is 63.7 Å². The lowest BCUT2D eigenvalue weighted by atomic mass is 10.1. The van der Waals surface area contributed by atoms with Gasteiger partial charge in [0.2, 0.25) is 5.91 Å². The molecule has 0 spiro atoms. The van der Waals surface area contributed by atoms with Gasteiger partial charge in [0.1, 0.15) is 0 Å². The van der Waals surface area contributed by atoms with Crippen molar-refractivity contribution in [1.82, 2.24) is 5.32 Å². The standard InChI is InChI=1S/C25H31N3O2/c29-24(20-10-4-5-11-20)27-21-12-13-23(28-16-6-7-17-28)22(18-21)25(30)26-15-14-19-8-2-1-3-9-19/h1-3,8-9,12-13,18,20H,4-7,10-11,14-17H2,(H,26,30)(H,27,29). The molecule has 1 aliphatic carbocycles. The van der Waals surface area contributed by atoms with Gasteiger partial charge in [0.15, 0.2) is 0 Å². The normalized spacial score (nSPS) is 16.6. The zero-order valence-electron chi connectivity index (χ0n) is 17.5. The molecule has 158 valence electrons. The Morgan fingerprint density at radius 1 is 0.933 bits per heavy atom. The highest BCUT2D eigenvalue weighted by Gasteiger charge is 2.24. The van der Waals surface area contributed by atoms with Crippen LogP contribution in [-0.4, -0.2) is 31.4 Å². The summed E-state index contributed by atoms with van der Waals surface area (Å²) < 4.78 is 0. The van der Waals surface area contributed by atoms with Crippen molar-refractivity contribution < 1.29 is 9.59 Å². The summed E-state index contributed by atoms with van der Waals surface area (Å²) in [7, 11) is 0. The molecule has 30 heavy (non-hydrogen) atoms. The molecule has 2 aromatic carbocycles. The molecule has 5 nitrogen and oxygen atoms in total. The molecule has 0 aromatic heterocycles. The van der Waals surface area contributed by atoms with Gasteiger partial charge in [0, 0.05) is 36.9 Å². The van der Waals surface area contributed by atoms with Crippen molar-refractivity contribution in [3.63, 3.8) is 0 Å². The number of rotatable bonds is 7. The first-order chi connectivity index (χ1) is 14.7. The molecule has 2 aliphatic rings. The first-order valence-corrected chi connectivity index (χ1v) is 11.2. The average molecular weight is 406 g/mol. The summed E-state index contributed by atoms with van der Waals surface area (Å²) in [6, 6.07) is 15.9. The second-order valence-corrected chi connectivity index (χ2v) is 8.39. The maximum Gasteiger partial charge on any atom is 0.253 e. The fourth-order valence-electron chi connectivity index (χ4n) is 4.52. The van der Waals surface area contributed by atoms with Gasteiger partial charge in [-0.15, -0.1) is 0 Å². The lowest BCUT2D eigenvalue weighted by molar-refractivity contribution is -0.119. The number of nitrogens with zero attached hydrogens (tertiary/aromatic N) is 1. The SMILES string of the molecule is O=C(NCCc1ccccc1)c1cc(NC(=O)C2CCCC2)ccc1N1CCCC1. The van der Waals surface area contributed by atoms with Crippen LogP contribution >= 0.6 is 0 Å². The number of nitrogens with one attached hydrogen (secondary N) is 2. The van der Waals surface area contributed by atoms with E-state index in [-0.39, 0.29) is 17.7 Å². The van der Waals surface area contributed by atoms with Crippen LogP contribution < -0.4 is 15.5 Å². The quantitative estimate of drug-likeness (QED) is 0.718. The molecule has 2 N–H and O–H groups in total. The summed E-state index contributed by atoms with van der Waals surface area (Å²) in [6.07, 6.45) is 7.27. The maximum absolute atomic E-state index is 13.1. The Balaban J connectivity index is 1.47. The van der Waals surface area contributed by atoms with E-state index in [1.54, 1.807) is 0 Å². The fourth-order valence-corrected chi connectivity index (χ4v) is 4.52. The summed E-state index contributed by atoms with van der Waals surface area (Å²) in [5.41, 5.74) is 3.52. The molecule has 0 unspecified atom stereocenters. The third-order valence-electron chi connectivity index (χ3n) is 6.22. The van der Waals surface area contributed by atoms with E-state index in [0.29, 0.717) is 17.8 Å². The van der Waals surface area contributed by atoms with Gasteiger partial charge in [-0.3, -0.25) is 9.59 Å². The molecule has 0 radical (unpaired) electrons. The summed E-state index contributed by atoms with van der Waals surface area (Å²) >= 11 is 0. The molecule has 0 bridgehead atoms. The van der Waals surface area contributed by atoms with Crippen LogP contribution in [0.5, 0.6) is 0 Å². The topological polar surface area (TPSA) is 61.4 Å². The monoisotopic (exact) mass is 405 g/mol. The van der Waals surface area contributed by atoms with Gasteiger partial charge in [-0.25, -0.2) is 0 Å². The number of carbonyl (C=O) groups is 2. The lowest BCUT2D eigenvalue weighted by Gasteiger charge is -2.22. The summed E-state index contributed by atoms with van der Waals surface area (Å²) in [6.45, 7) is 2.52. The van der Waals surface area contributed by atoms with Crippen LogP contribution in [0.25, 0.3) is 0 Å². The molecule has 1 saturated carbocycles. The van der Waals surface area contributed by atoms with E-state index in [2.05, 4.69) is 27.7 Å². The number of benzene rings is 2. The first-order valence-electron chi connectivity index (χ1n) is 11.2. The number of carbonyl (C=O) groups excluding carboxylic acids is 2. The molecule has 1 heterocycles. The summed E-state index contributed by atoms with van der Waals surface area (Å²) in [4.78, 5) is 27.9. The third-order valence-corrected chi connectivity index (χ3v) is 6.22. The molecule has 2 fully saturated rings. The number of hydrogen-bond acceptors (Lipinski definition) is 3. The highest BCUT2D eigenvalue weighted by atomic mass is 16.2. The van der Waals surface area contributed by atoms with E-state index in [9.17, 15) is 9.59 Å². The van der Waals surface area contributed by atoms with Crippen molar-refractivity contribution in [3.05, 3.63) is 59.7 Å². The van der Waals surface area contributed by atoms with Gasteiger partial charge in [-0.05, 0) is 55.9 Å². The predicted octanol–water partition coefficient (Wildman–Crippen LogP) is 4.39. The van der Waals surface area contributed by atoms with Crippen molar-refractivity contribution in [2.75, 3.05) is 29.9 Å². The minimum atomic E-state index is -0.0789. The van der Waals surface area contributed by atoms with Crippen LogP contribution in [0.1, 0.15) is 54.4 Å². The molecule has 0 atom stereocenters. The number of anilines is 2. The van der Waals surface area contributed by atoms with E-state index in [1.807, 2.05) is 36.4 Å². The van der Waals surface area contributed by atoms with Crippen molar-refractivity contribution in [2.45, 2.75) is 44.9 Å².